The van der Waals surface area contributed by atoms with Crippen LogP contribution in [0.3, 0.4) is 0 Å². The summed E-state index contributed by atoms with van der Waals surface area (Å²) in [6, 6.07) is 14.3. The van der Waals surface area contributed by atoms with Crippen LogP contribution in [-0.4, -0.2) is 35.4 Å². The number of rotatable bonds is 6. The molecular formula is C20H19N3O4. The number of ether oxygens (including phenoxy) is 2. The number of anilines is 1. The van der Waals surface area contributed by atoms with Crippen LogP contribution < -0.4 is 10.1 Å². The quantitative estimate of drug-likeness (QED) is 0.719. The molecule has 1 amide bonds. The standard InChI is InChI=1S/C20H19N3O4/c24-19(22-16-4-1-3-15(11-16)20-23-21-13-27-20)14-6-8-17(9-7-14)26-12-18-5-2-10-25-18/h1,3-4,6-9,11,13,18H,2,5,10,12H2,(H,22,24). The van der Waals surface area contributed by atoms with Gasteiger partial charge in [-0.3, -0.25) is 4.79 Å². The molecule has 1 fully saturated rings. The minimum atomic E-state index is -0.205. The summed E-state index contributed by atoms with van der Waals surface area (Å²) in [6.45, 7) is 1.34. The van der Waals surface area contributed by atoms with Crippen LogP contribution in [0, 0.1) is 0 Å². The normalized spacial score (nSPS) is 16.2. The van der Waals surface area contributed by atoms with Gasteiger partial charge in [0, 0.05) is 23.4 Å². The van der Waals surface area contributed by atoms with E-state index < -0.39 is 0 Å². The lowest BCUT2D eigenvalue weighted by molar-refractivity contribution is 0.0679. The van der Waals surface area contributed by atoms with E-state index in [0.717, 1.165) is 30.8 Å². The van der Waals surface area contributed by atoms with Crippen LogP contribution in [0.4, 0.5) is 5.69 Å². The molecule has 1 saturated heterocycles. The van der Waals surface area contributed by atoms with Gasteiger partial charge in [0.1, 0.15) is 12.4 Å². The van der Waals surface area contributed by atoms with Gasteiger partial charge in [0.2, 0.25) is 12.3 Å². The highest BCUT2D eigenvalue weighted by Crippen LogP contribution is 2.21. The minimum Gasteiger partial charge on any atom is -0.491 e. The second-order valence-corrected chi connectivity index (χ2v) is 6.25. The smallest absolute Gasteiger partial charge is 0.255 e. The predicted molar refractivity (Wildman–Crippen MR) is 98.6 cm³/mol. The van der Waals surface area contributed by atoms with E-state index in [1.165, 1.54) is 6.39 Å². The molecule has 7 nitrogen and oxygen atoms in total. The average molecular weight is 365 g/mol. The molecule has 27 heavy (non-hydrogen) atoms. The zero-order valence-corrected chi connectivity index (χ0v) is 14.6. The van der Waals surface area contributed by atoms with E-state index in [-0.39, 0.29) is 12.0 Å². The van der Waals surface area contributed by atoms with Gasteiger partial charge in [0.25, 0.3) is 5.91 Å². The lowest BCUT2D eigenvalue weighted by Gasteiger charge is -2.12. The molecule has 7 heteroatoms. The maximum absolute atomic E-state index is 12.5. The Hall–Kier alpha value is -3.19. The molecule has 138 valence electrons. The van der Waals surface area contributed by atoms with E-state index in [1.807, 2.05) is 12.1 Å². The first-order valence-corrected chi connectivity index (χ1v) is 8.80. The fraction of sp³-hybridized carbons (Fsp3) is 0.250. The third kappa shape index (κ3) is 4.32. The Morgan fingerprint density at radius 3 is 2.85 bits per heavy atom. The van der Waals surface area contributed by atoms with Crippen molar-refractivity contribution in [3.8, 4) is 17.2 Å². The van der Waals surface area contributed by atoms with Crippen molar-refractivity contribution in [2.45, 2.75) is 18.9 Å². The Morgan fingerprint density at radius 1 is 1.22 bits per heavy atom. The third-order valence-electron chi connectivity index (χ3n) is 4.30. The summed E-state index contributed by atoms with van der Waals surface area (Å²) in [7, 11) is 0. The van der Waals surface area contributed by atoms with Crippen molar-refractivity contribution in [1.29, 1.82) is 0 Å². The molecule has 0 spiro atoms. The SMILES string of the molecule is O=C(Nc1cccc(-c2nnco2)c1)c1ccc(OCC2CCCO2)cc1. The number of hydrogen-bond donors (Lipinski definition) is 1. The van der Waals surface area contributed by atoms with Crippen molar-refractivity contribution in [1.82, 2.24) is 10.2 Å². The first kappa shape index (κ1) is 17.2. The Labute approximate surface area is 156 Å². The molecule has 1 N–H and O–H groups in total. The highest BCUT2D eigenvalue weighted by atomic mass is 16.5. The molecule has 2 heterocycles. The second kappa shape index (κ2) is 8.01. The van der Waals surface area contributed by atoms with Crippen LogP contribution in [0.1, 0.15) is 23.2 Å². The van der Waals surface area contributed by atoms with Crippen LogP contribution >= 0.6 is 0 Å². The molecule has 4 rings (SSSR count). The fourth-order valence-corrected chi connectivity index (χ4v) is 2.90. The van der Waals surface area contributed by atoms with Crippen LogP contribution in [-0.2, 0) is 4.74 Å². The third-order valence-corrected chi connectivity index (χ3v) is 4.30. The summed E-state index contributed by atoms with van der Waals surface area (Å²) in [4.78, 5) is 12.5. The van der Waals surface area contributed by atoms with Crippen molar-refractivity contribution in [3.05, 3.63) is 60.5 Å². The number of nitrogens with one attached hydrogen (secondary N) is 1. The van der Waals surface area contributed by atoms with E-state index in [2.05, 4.69) is 15.5 Å². The summed E-state index contributed by atoms with van der Waals surface area (Å²) >= 11 is 0. The molecule has 0 aliphatic carbocycles. The molecule has 1 atom stereocenters. The number of carbonyl (C=O) groups excluding carboxylic acids is 1. The Bertz CT molecular complexity index is 888. The molecule has 1 aliphatic heterocycles. The maximum Gasteiger partial charge on any atom is 0.255 e. The van der Waals surface area contributed by atoms with Crippen molar-refractivity contribution < 1.29 is 18.7 Å². The molecule has 1 unspecified atom stereocenters. The van der Waals surface area contributed by atoms with Gasteiger partial charge in [-0.25, -0.2) is 0 Å². The molecular weight excluding hydrogens is 346 g/mol. The average Bonchev–Trinajstić information content (AvgIpc) is 3.41. The summed E-state index contributed by atoms with van der Waals surface area (Å²) in [5.41, 5.74) is 1.93. The topological polar surface area (TPSA) is 86.5 Å². The van der Waals surface area contributed by atoms with Crippen LogP contribution in [0.5, 0.6) is 5.75 Å². The number of hydrogen-bond acceptors (Lipinski definition) is 6. The molecule has 0 saturated carbocycles. The number of aromatic nitrogens is 2. The zero-order valence-electron chi connectivity index (χ0n) is 14.6. The molecule has 2 aromatic carbocycles. The summed E-state index contributed by atoms with van der Waals surface area (Å²) in [6.07, 6.45) is 3.55. The maximum atomic E-state index is 12.5. The predicted octanol–water partition coefficient (Wildman–Crippen LogP) is 3.55. The van der Waals surface area contributed by atoms with E-state index in [4.69, 9.17) is 13.9 Å². The number of amides is 1. The van der Waals surface area contributed by atoms with E-state index in [1.54, 1.807) is 36.4 Å². The first-order chi connectivity index (χ1) is 13.3. The molecule has 0 radical (unpaired) electrons. The fourth-order valence-electron chi connectivity index (χ4n) is 2.90. The van der Waals surface area contributed by atoms with E-state index in [0.29, 0.717) is 23.7 Å². The van der Waals surface area contributed by atoms with Crippen LogP contribution in [0.15, 0.2) is 59.3 Å². The van der Waals surface area contributed by atoms with Gasteiger partial charge in [0.15, 0.2) is 0 Å². The Morgan fingerprint density at radius 2 is 2.11 bits per heavy atom. The van der Waals surface area contributed by atoms with Gasteiger partial charge in [0.05, 0.1) is 6.10 Å². The highest BCUT2D eigenvalue weighted by molar-refractivity contribution is 6.04. The lowest BCUT2D eigenvalue weighted by atomic mass is 10.1. The monoisotopic (exact) mass is 365 g/mol. The molecule has 1 aliphatic rings. The number of carbonyl (C=O) groups is 1. The van der Waals surface area contributed by atoms with Crippen LogP contribution in [0.2, 0.25) is 0 Å². The van der Waals surface area contributed by atoms with Crippen molar-refractivity contribution in [3.63, 3.8) is 0 Å². The lowest BCUT2D eigenvalue weighted by Crippen LogP contribution is -2.16. The van der Waals surface area contributed by atoms with Gasteiger partial charge in [-0.2, -0.15) is 0 Å². The second-order valence-electron chi connectivity index (χ2n) is 6.25. The van der Waals surface area contributed by atoms with Gasteiger partial charge in [-0.1, -0.05) is 6.07 Å². The van der Waals surface area contributed by atoms with Crippen molar-refractivity contribution in [2.24, 2.45) is 0 Å². The zero-order chi connectivity index (χ0) is 18.5. The summed E-state index contributed by atoms with van der Waals surface area (Å²) in [5, 5.41) is 10.4. The molecule has 0 bridgehead atoms. The van der Waals surface area contributed by atoms with Crippen molar-refractivity contribution >= 4 is 11.6 Å². The van der Waals surface area contributed by atoms with Crippen molar-refractivity contribution in [2.75, 3.05) is 18.5 Å². The van der Waals surface area contributed by atoms with Gasteiger partial charge < -0.3 is 19.2 Å². The Balaban J connectivity index is 1.37. The van der Waals surface area contributed by atoms with E-state index in [9.17, 15) is 4.79 Å². The van der Waals surface area contributed by atoms with E-state index >= 15 is 0 Å². The highest BCUT2D eigenvalue weighted by Gasteiger charge is 2.16. The van der Waals surface area contributed by atoms with Crippen LogP contribution in [0.25, 0.3) is 11.5 Å². The number of nitrogens with zero attached hydrogens (tertiary/aromatic N) is 2. The van der Waals surface area contributed by atoms with Gasteiger partial charge in [-0.05, 0) is 55.3 Å². The number of benzene rings is 2. The Kier molecular flexibility index (Phi) is 5.11. The largest absolute Gasteiger partial charge is 0.491 e. The summed E-state index contributed by atoms with van der Waals surface area (Å²) in [5.74, 6) is 0.919. The summed E-state index contributed by atoms with van der Waals surface area (Å²) < 4.78 is 16.4. The molecule has 1 aromatic heterocycles. The molecule has 3 aromatic rings. The minimum absolute atomic E-state index is 0.166. The van der Waals surface area contributed by atoms with Gasteiger partial charge in [-0.15, -0.1) is 10.2 Å². The van der Waals surface area contributed by atoms with Gasteiger partial charge >= 0.3 is 0 Å². The first-order valence-electron chi connectivity index (χ1n) is 8.80.